The third-order valence-electron chi connectivity index (χ3n) is 2.49. The van der Waals surface area contributed by atoms with Crippen LogP contribution in [0.5, 0.6) is 0 Å². The van der Waals surface area contributed by atoms with Gasteiger partial charge < -0.3 is 15.6 Å². The van der Waals surface area contributed by atoms with E-state index in [-0.39, 0.29) is 18.8 Å². The third kappa shape index (κ3) is 3.63. The molecular weight excluding hydrogens is 275 g/mol. The van der Waals surface area contributed by atoms with E-state index in [1.54, 1.807) is 0 Å². The fraction of sp³-hybridized carbons (Fsp3) is 0.455. The maximum absolute atomic E-state index is 13.6. The number of likely N-dealkylation sites (N-methyl/N-ethyl adjacent to an activating group) is 1. The van der Waals surface area contributed by atoms with Crippen LogP contribution in [0.3, 0.4) is 0 Å². The van der Waals surface area contributed by atoms with Crippen LogP contribution in [0.25, 0.3) is 0 Å². The molecule has 0 amide bonds. The Balaban J connectivity index is 3.04. The average Bonchev–Trinajstić information content (AvgIpc) is 2.28. The first-order valence-electron chi connectivity index (χ1n) is 5.48. The smallest absolute Gasteiger partial charge is 0.247 e. The quantitative estimate of drug-likeness (QED) is 0.722. The Morgan fingerprint density at radius 1 is 1.53 bits per heavy atom. The summed E-state index contributed by atoms with van der Waals surface area (Å²) in [5, 5.41) is 9.51. The van der Waals surface area contributed by atoms with E-state index in [2.05, 4.69) is 0 Å². The highest BCUT2D eigenvalue weighted by molar-refractivity contribution is 7.89. The lowest BCUT2D eigenvalue weighted by atomic mass is 10.3. The number of nitrogens with zero attached hydrogens (tertiary/aromatic N) is 1. The second-order valence-electron chi connectivity index (χ2n) is 4.05. The van der Waals surface area contributed by atoms with E-state index in [0.717, 1.165) is 10.4 Å². The molecule has 0 fully saturated rings. The van der Waals surface area contributed by atoms with Crippen LogP contribution in [0.4, 0.5) is 10.1 Å². The van der Waals surface area contributed by atoms with Gasteiger partial charge in [-0.25, -0.2) is 12.8 Å². The van der Waals surface area contributed by atoms with Crippen molar-refractivity contribution in [2.45, 2.75) is 11.0 Å². The van der Waals surface area contributed by atoms with Gasteiger partial charge >= 0.3 is 0 Å². The van der Waals surface area contributed by atoms with Crippen molar-refractivity contribution in [2.24, 2.45) is 0 Å². The first-order chi connectivity index (χ1) is 8.80. The molecule has 0 aliphatic carbocycles. The zero-order valence-electron chi connectivity index (χ0n) is 10.7. The van der Waals surface area contributed by atoms with Gasteiger partial charge in [0, 0.05) is 20.7 Å². The summed E-state index contributed by atoms with van der Waals surface area (Å²) in [6.45, 7) is -0.240. The third-order valence-corrected chi connectivity index (χ3v) is 4.41. The van der Waals surface area contributed by atoms with Gasteiger partial charge in [-0.2, -0.15) is 4.31 Å². The highest BCUT2D eigenvalue weighted by atomic mass is 32.2. The number of benzene rings is 1. The lowest BCUT2D eigenvalue weighted by Crippen LogP contribution is -2.36. The van der Waals surface area contributed by atoms with Crippen LogP contribution in [0.1, 0.15) is 0 Å². The van der Waals surface area contributed by atoms with Crippen LogP contribution in [-0.2, 0) is 14.8 Å². The minimum absolute atomic E-state index is 0.0212. The number of hydrogen-bond acceptors (Lipinski definition) is 5. The van der Waals surface area contributed by atoms with E-state index in [0.29, 0.717) is 0 Å². The molecule has 0 saturated carbocycles. The minimum Gasteiger partial charge on any atom is -0.398 e. The lowest BCUT2D eigenvalue weighted by Gasteiger charge is -2.21. The molecule has 0 bridgehead atoms. The summed E-state index contributed by atoms with van der Waals surface area (Å²) in [6.07, 6.45) is -1.00. The number of ether oxygens (including phenoxy) is 1. The van der Waals surface area contributed by atoms with Gasteiger partial charge in [0.15, 0.2) is 0 Å². The monoisotopic (exact) mass is 292 g/mol. The first-order valence-corrected chi connectivity index (χ1v) is 6.92. The molecule has 1 unspecified atom stereocenters. The number of hydrogen-bond donors (Lipinski definition) is 2. The topological polar surface area (TPSA) is 92.9 Å². The second kappa shape index (κ2) is 6.29. The molecule has 1 aromatic rings. The fourth-order valence-corrected chi connectivity index (χ4v) is 2.95. The van der Waals surface area contributed by atoms with Crippen LogP contribution in [0.15, 0.2) is 23.1 Å². The van der Waals surface area contributed by atoms with Crippen LogP contribution in [0.2, 0.25) is 0 Å². The average molecular weight is 292 g/mol. The van der Waals surface area contributed by atoms with Gasteiger partial charge in [0.2, 0.25) is 10.0 Å². The number of halogens is 1. The predicted molar refractivity (Wildman–Crippen MR) is 68.5 cm³/mol. The van der Waals surface area contributed by atoms with Crippen molar-refractivity contribution in [1.29, 1.82) is 0 Å². The molecule has 3 N–H and O–H groups in total. The standard InChI is InChI=1S/C11H17FN2O4S/c1-14(6-8(15)7-18-2)19(16,17)11-9(12)4-3-5-10(11)13/h3-5,8,15H,6-7,13H2,1-2H3. The number of methoxy groups -OCH3 is 1. The normalized spacial score (nSPS) is 13.7. The summed E-state index contributed by atoms with van der Waals surface area (Å²) in [7, 11) is -1.48. The SMILES string of the molecule is COCC(O)CN(C)S(=O)(=O)c1c(N)cccc1F. The van der Waals surface area contributed by atoms with Crippen molar-refractivity contribution in [3.8, 4) is 0 Å². The Hall–Kier alpha value is -1.22. The molecule has 0 spiro atoms. The summed E-state index contributed by atoms with van der Waals surface area (Å²) >= 11 is 0. The summed E-state index contributed by atoms with van der Waals surface area (Å²) in [6, 6.07) is 3.64. The van der Waals surface area contributed by atoms with Crippen molar-refractivity contribution in [1.82, 2.24) is 4.31 Å². The summed E-state index contributed by atoms with van der Waals surface area (Å²) in [5.41, 5.74) is 5.33. The van der Waals surface area contributed by atoms with E-state index in [1.165, 1.54) is 26.3 Å². The molecule has 0 saturated heterocycles. The second-order valence-corrected chi connectivity index (χ2v) is 6.03. The van der Waals surface area contributed by atoms with Gasteiger partial charge in [0.25, 0.3) is 0 Å². The molecule has 1 aromatic carbocycles. The molecular formula is C11H17FN2O4S. The number of nitrogens with two attached hydrogens (primary N) is 1. The number of nitrogen functional groups attached to an aromatic ring is 1. The van der Waals surface area contributed by atoms with Gasteiger partial charge in [-0.15, -0.1) is 0 Å². The zero-order chi connectivity index (χ0) is 14.6. The van der Waals surface area contributed by atoms with E-state index < -0.39 is 26.8 Å². The number of aliphatic hydroxyl groups excluding tert-OH is 1. The number of sulfonamides is 1. The maximum atomic E-state index is 13.6. The van der Waals surface area contributed by atoms with Gasteiger partial charge in [0.05, 0.1) is 18.4 Å². The Bertz CT molecular complexity index is 515. The van der Waals surface area contributed by atoms with Gasteiger partial charge in [-0.1, -0.05) is 6.07 Å². The largest absolute Gasteiger partial charge is 0.398 e. The van der Waals surface area contributed by atoms with Crippen LogP contribution in [-0.4, -0.2) is 51.2 Å². The lowest BCUT2D eigenvalue weighted by molar-refractivity contribution is 0.0554. The molecule has 0 aliphatic rings. The molecule has 0 aromatic heterocycles. The zero-order valence-corrected chi connectivity index (χ0v) is 11.5. The Labute approximate surface area is 111 Å². The van der Waals surface area contributed by atoms with Crippen LogP contribution >= 0.6 is 0 Å². The van der Waals surface area contributed by atoms with Crippen molar-refractivity contribution in [3.63, 3.8) is 0 Å². The Kier molecular flexibility index (Phi) is 5.24. The summed E-state index contributed by atoms with van der Waals surface area (Å²) < 4.78 is 43.5. The highest BCUT2D eigenvalue weighted by Crippen LogP contribution is 2.24. The highest BCUT2D eigenvalue weighted by Gasteiger charge is 2.28. The van der Waals surface area contributed by atoms with Crippen molar-refractivity contribution < 1.29 is 22.7 Å². The molecule has 0 aliphatic heterocycles. The molecule has 0 radical (unpaired) electrons. The van der Waals surface area contributed by atoms with Crippen LogP contribution in [0, 0.1) is 5.82 Å². The number of anilines is 1. The minimum atomic E-state index is -4.10. The molecule has 1 rings (SSSR count). The number of aliphatic hydroxyl groups is 1. The molecule has 6 nitrogen and oxygen atoms in total. The van der Waals surface area contributed by atoms with E-state index in [9.17, 15) is 17.9 Å². The van der Waals surface area contributed by atoms with E-state index in [1.807, 2.05) is 0 Å². The fourth-order valence-electron chi connectivity index (χ4n) is 1.59. The maximum Gasteiger partial charge on any atom is 0.247 e. The Morgan fingerprint density at radius 3 is 2.68 bits per heavy atom. The van der Waals surface area contributed by atoms with E-state index >= 15 is 0 Å². The van der Waals surface area contributed by atoms with Crippen molar-refractivity contribution in [3.05, 3.63) is 24.0 Å². The summed E-state index contributed by atoms with van der Waals surface area (Å²) in [5.74, 6) is -0.923. The Morgan fingerprint density at radius 2 is 2.16 bits per heavy atom. The molecule has 8 heteroatoms. The van der Waals surface area contributed by atoms with E-state index in [4.69, 9.17) is 10.5 Å². The molecule has 1 atom stereocenters. The van der Waals surface area contributed by atoms with Crippen molar-refractivity contribution >= 4 is 15.7 Å². The molecule has 19 heavy (non-hydrogen) atoms. The van der Waals surface area contributed by atoms with Gasteiger partial charge in [0.1, 0.15) is 10.7 Å². The van der Waals surface area contributed by atoms with Crippen molar-refractivity contribution in [2.75, 3.05) is 33.0 Å². The summed E-state index contributed by atoms with van der Waals surface area (Å²) in [4.78, 5) is -0.581. The van der Waals surface area contributed by atoms with Crippen LogP contribution < -0.4 is 5.73 Å². The molecule has 0 heterocycles. The van der Waals surface area contributed by atoms with Gasteiger partial charge in [-0.3, -0.25) is 0 Å². The molecule has 108 valence electrons. The van der Waals surface area contributed by atoms with Gasteiger partial charge in [-0.05, 0) is 12.1 Å². The first kappa shape index (κ1) is 15.8. The number of rotatable bonds is 6. The predicted octanol–water partition coefficient (Wildman–Crippen LogP) is 0.0357.